The molecule has 1 aromatic heterocycles. The number of carbonyl (C=O) groups excluding carboxylic acids is 1. The predicted molar refractivity (Wildman–Crippen MR) is 64.5 cm³/mol. The molecular weight excluding hydrogens is 236 g/mol. The summed E-state index contributed by atoms with van der Waals surface area (Å²) < 4.78 is 0. The Morgan fingerprint density at radius 2 is 2.11 bits per heavy atom. The van der Waals surface area contributed by atoms with Gasteiger partial charge in [0.1, 0.15) is 5.82 Å². The van der Waals surface area contributed by atoms with Gasteiger partial charge in [0.2, 0.25) is 0 Å². The Hall–Kier alpha value is -1.70. The number of aliphatic hydroxyl groups is 2. The fourth-order valence-electron chi connectivity index (χ4n) is 1.79. The van der Waals surface area contributed by atoms with E-state index in [1.54, 1.807) is 29.3 Å². The van der Waals surface area contributed by atoms with E-state index in [0.29, 0.717) is 18.9 Å². The summed E-state index contributed by atoms with van der Waals surface area (Å²) in [4.78, 5) is 17.3. The Kier molecular flexibility index (Phi) is 4.08. The summed E-state index contributed by atoms with van der Waals surface area (Å²) >= 11 is 0. The third-order valence-corrected chi connectivity index (χ3v) is 2.70. The molecule has 1 saturated heterocycles. The van der Waals surface area contributed by atoms with Gasteiger partial charge >= 0.3 is 0 Å². The van der Waals surface area contributed by atoms with Gasteiger partial charge in [-0.15, -0.1) is 0 Å². The summed E-state index contributed by atoms with van der Waals surface area (Å²) in [7, 11) is 0. The third-order valence-electron chi connectivity index (χ3n) is 2.70. The second-order valence-electron chi connectivity index (χ2n) is 4.22. The smallest absolute Gasteiger partial charge is 0.252 e. The van der Waals surface area contributed by atoms with E-state index < -0.39 is 12.2 Å². The van der Waals surface area contributed by atoms with Crippen LogP contribution in [0.5, 0.6) is 0 Å². The number of carbonyl (C=O) groups is 1. The van der Waals surface area contributed by atoms with Gasteiger partial charge in [-0.05, 0) is 12.1 Å². The average molecular weight is 252 g/mol. The molecule has 2 atom stereocenters. The Morgan fingerprint density at radius 1 is 1.39 bits per heavy atom. The fraction of sp³-hybridized carbons (Fsp3) is 0.455. The summed E-state index contributed by atoms with van der Waals surface area (Å²) in [5.74, 6) is 0.300. The van der Waals surface area contributed by atoms with Crippen LogP contribution in [0.1, 0.15) is 0 Å². The number of hydrogen-bond donors (Lipinski definition) is 4. The number of anilines is 1. The van der Waals surface area contributed by atoms with E-state index in [2.05, 4.69) is 15.8 Å². The summed E-state index contributed by atoms with van der Waals surface area (Å²) in [6, 6.07) is 5.30. The van der Waals surface area contributed by atoms with Crippen LogP contribution in [-0.4, -0.2) is 57.8 Å². The molecule has 1 fully saturated rings. The third kappa shape index (κ3) is 3.39. The van der Waals surface area contributed by atoms with E-state index >= 15 is 0 Å². The van der Waals surface area contributed by atoms with Crippen LogP contribution in [0.2, 0.25) is 0 Å². The first-order chi connectivity index (χ1) is 8.65. The number of hydrogen-bond acceptors (Lipinski definition) is 6. The first kappa shape index (κ1) is 12.7. The normalized spacial score (nSPS) is 23.9. The molecule has 0 bridgehead atoms. The number of nitrogens with one attached hydrogen (secondary N) is 2. The van der Waals surface area contributed by atoms with Gasteiger partial charge in [0.25, 0.3) is 5.91 Å². The maximum atomic E-state index is 11.6. The quantitative estimate of drug-likeness (QED) is 0.490. The van der Waals surface area contributed by atoms with Crippen LogP contribution in [-0.2, 0) is 4.79 Å². The molecule has 7 nitrogen and oxygen atoms in total. The van der Waals surface area contributed by atoms with Crippen molar-refractivity contribution in [2.24, 2.45) is 0 Å². The van der Waals surface area contributed by atoms with Gasteiger partial charge in [-0.25, -0.2) is 4.98 Å². The van der Waals surface area contributed by atoms with Crippen molar-refractivity contribution in [3.8, 4) is 0 Å². The maximum Gasteiger partial charge on any atom is 0.252 e. The molecule has 0 radical (unpaired) electrons. The minimum absolute atomic E-state index is 0.119. The first-order valence-corrected chi connectivity index (χ1v) is 5.69. The number of pyridine rings is 1. The number of hydrazine groups is 1. The van der Waals surface area contributed by atoms with E-state index in [1.807, 2.05) is 0 Å². The molecule has 1 amide bonds. The van der Waals surface area contributed by atoms with E-state index in [-0.39, 0.29) is 12.5 Å². The van der Waals surface area contributed by atoms with Gasteiger partial charge in [0, 0.05) is 19.3 Å². The van der Waals surface area contributed by atoms with Crippen molar-refractivity contribution in [1.29, 1.82) is 0 Å². The molecule has 1 aromatic rings. The Bertz CT molecular complexity index is 391. The van der Waals surface area contributed by atoms with E-state index in [4.69, 9.17) is 0 Å². The molecule has 7 heteroatoms. The number of aromatic nitrogens is 1. The van der Waals surface area contributed by atoms with Gasteiger partial charge in [-0.1, -0.05) is 6.07 Å². The SMILES string of the molecule is O=C(CN1C[C@@H](O)[C@@H](O)C1)NNc1ccccn1. The number of rotatable bonds is 4. The summed E-state index contributed by atoms with van der Waals surface area (Å²) in [5, 5.41) is 18.7. The molecule has 0 saturated carbocycles. The Balaban J connectivity index is 1.73. The minimum atomic E-state index is -0.776. The molecule has 18 heavy (non-hydrogen) atoms. The molecule has 0 unspecified atom stereocenters. The van der Waals surface area contributed by atoms with Crippen molar-refractivity contribution < 1.29 is 15.0 Å². The largest absolute Gasteiger partial charge is 0.389 e. The zero-order chi connectivity index (χ0) is 13.0. The van der Waals surface area contributed by atoms with Gasteiger partial charge in [-0.2, -0.15) is 0 Å². The number of aliphatic hydroxyl groups excluding tert-OH is 2. The number of likely N-dealkylation sites (tertiary alicyclic amines) is 1. The van der Waals surface area contributed by atoms with Crippen molar-refractivity contribution in [2.45, 2.75) is 12.2 Å². The Labute approximate surface area is 104 Å². The monoisotopic (exact) mass is 252 g/mol. The number of β-amino-alcohol motifs (C(OH)–C–C–N with tert-alkyl or cyclic N) is 2. The molecule has 0 aliphatic carbocycles. The predicted octanol–water partition coefficient (Wildman–Crippen LogP) is -1.44. The lowest BCUT2D eigenvalue weighted by Crippen LogP contribution is -2.39. The average Bonchev–Trinajstić information content (AvgIpc) is 2.67. The molecular formula is C11H16N4O3. The second kappa shape index (κ2) is 5.76. The van der Waals surface area contributed by atoms with Crippen LogP contribution in [0.25, 0.3) is 0 Å². The first-order valence-electron chi connectivity index (χ1n) is 5.69. The molecule has 1 aliphatic heterocycles. The van der Waals surface area contributed by atoms with Crippen LogP contribution >= 0.6 is 0 Å². The summed E-state index contributed by atoms with van der Waals surface area (Å²) in [5.41, 5.74) is 5.18. The standard InChI is InChI=1S/C11H16N4O3/c16-8-5-15(6-9(8)17)7-11(18)14-13-10-3-1-2-4-12-10/h1-4,8-9,16-17H,5-7H2,(H,12,13)(H,14,18)/t8-,9+. The van der Waals surface area contributed by atoms with Crippen molar-refractivity contribution in [3.05, 3.63) is 24.4 Å². The van der Waals surface area contributed by atoms with Crippen molar-refractivity contribution in [1.82, 2.24) is 15.3 Å². The molecule has 0 aromatic carbocycles. The molecule has 98 valence electrons. The van der Waals surface area contributed by atoms with E-state index in [1.165, 1.54) is 0 Å². The van der Waals surface area contributed by atoms with Crippen LogP contribution in [0.3, 0.4) is 0 Å². The van der Waals surface area contributed by atoms with Gasteiger partial charge in [0.15, 0.2) is 0 Å². The highest BCUT2D eigenvalue weighted by Crippen LogP contribution is 2.08. The zero-order valence-electron chi connectivity index (χ0n) is 9.78. The van der Waals surface area contributed by atoms with Crippen LogP contribution in [0.15, 0.2) is 24.4 Å². The lowest BCUT2D eigenvalue weighted by Gasteiger charge is -2.14. The second-order valence-corrected chi connectivity index (χ2v) is 4.22. The van der Waals surface area contributed by atoms with Gasteiger partial charge < -0.3 is 10.2 Å². The minimum Gasteiger partial charge on any atom is -0.389 e. The van der Waals surface area contributed by atoms with Gasteiger partial charge in [0.05, 0.1) is 18.8 Å². The lowest BCUT2D eigenvalue weighted by molar-refractivity contribution is -0.121. The lowest BCUT2D eigenvalue weighted by atomic mass is 10.3. The van der Waals surface area contributed by atoms with Gasteiger partial charge in [-0.3, -0.25) is 20.5 Å². The van der Waals surface area contributed by atoms with Crippen molar-refractivity contribution >= 4 is 11.7 Å². The zero-order valence-corrected chi connectivity index (χ0v) is 9.78. The molecule has 2 heterocycles. The van der Waals surface area contributed by atoms with Crippen LogP contribution in [0, 0.1) is 0 Å². The summed E-state index contributed by atoms with van der Waals surface area (Å²) in [6.07, 6.45) is 0.0601. The van der Waals surface area contributed by atoms with Crippen molar-refractivity contribution in [3.63, 3.8) is 0 Å². The van der Waals surface area contributed by atoms with Crippen molar-refractivity contribution in [2.75, 3.05) is 25.1 Å². The fourth-order valence-corrected chi connectivity index (χ4v) is 1.79. The number of amides is 1. The number of nitrogens with zero attached hydrogens (tertiary/aromatic N) is 2. The van der Waals surface area contributed by atoms with Crippen LogP contribution < -0.4 is 10.9 Å². The highest BCUT2D eigenvalue weighted by atomic mass is 16.3. The highest BCUT2D eigenvalue weighted by molar-refractivity contribution is 5.79. The summed E-state index contributed by atoms with van der Waals surface area (Å²) in [6.45, 7) is 0.726. The highest BCUT2D eigenvalue weighted by Gasteiger charge is 2.30. The molecule has 4 N–H and O–H groups in total. The topological polar surface area (TPSA) is 97.7 Å². The molecule has 1 aliphatic rings. The molecule has 2 rings (SSSR count). The Morgan fingerprint density at radius 3 is 2.72 bits per heavy atom. The van der Waals surface area contributed by atoms with Crippen LogP contribution in [0.4, 0.5) is 5.82 Å². The molecule has 0 spiro atoms. The maximum absolute atomic E-state index is 11.6. The van der Waals surface area contributed by atoms with E-state index in [9.17, 15) is 15.0 Å². The van der Waals surface area contributed by atoms with E-state index in [0.717, 1.165) is 0 Å².